The van der Waals surface area contributed by atoms with Gasteiger partial charge in [0.2, 0.25) is 0 Å². The van der Waals surface area contributed by atoms with Gasteiger partial charge in [0.25, 0.3) is 0 Å². The average molecular weight is 551 g/mol. The maximum atomic E-state index is 12.7. The summed E-state index contributed by atoms with van der Waals surface area (Å²) in [4.78, 5) is 9.54. The third-order valence-corrected chi connectivity index (χ3v) is 6.92. The number of nitrogens with zero attached hydrogens (tertiary/aromatic N) is 2. The fourth-order valence-corrected chi connectivity index (χ4v) is 5.07. The number of rotatable bonds is 9. The van der Waals surface area contributed by atoms with Crippen molar-refractivity contribution < 1.29 is 8.42 Å². The molecular weight excluding hydrogens is 519 g/mol. The predicted octanol–water partition coefficient (Wildman–Crippen LogP) is 4.19. The molecule has 0 fully saturated rings. The van der Waals surface area contributed by atoms with E-state index in [-0.39, 0.29) is 35.8 Å². The molecule has 0 aliphatic heterocycles. The van der Waals surface area contributed by atoms with E-state index < -0.39 is 9.84 Å². The molecular formula is C20H31IN4O2S2. The lowest BCUT2D eigenvalue weighted by Gasteiger charge is -2.20. The van der Waals surface area contributed by atoms with Crippen molar-refractivity contribution in [2.45, 2.75) is 57.5 Å². The quantitative estimate of drug-likeness (QED) is 0.278. The highest BCUT2D eigenvalue weighted by molar-refractivity contribution is 14.0. The minimum Gasteiger partial charge on any atom is -0.357 e. The van der Waals surface area contributed by atoms with Crippen molar-refractivity contribution in [3.8, 4) is 0 Å². The van der Waals surface area contributed by atoms with Gasteiger partial charge in [0.15, 0.2) is 15.8 Å². The molecule has 9 heteroatoms. The van der Waals surface area contributed by atoms with Crippen molar-refractivity contribution in [1.29, 1.82) is 0 Å². The Morgan fingerprint density at radius 1 is 1.21 bits per heavy atom. The number of benzene rings is 1. The molecule has 6 nitrogen and oxygen atoms in total. The molecule has 2 N–H and O–H groups in total. The van der Waals surface area contributed by atoms with Gasteiger partial charge in [-0.1, -0.05) is 39.0 Å². The Balaban J connectivity index is 0.00000420. The predicted molar refractivity (Wildman–Crippen MR) is 132 cm³/mol. The topological polar surface area (TPSA) is 83.4 Å². The minimum atomic E-state index is -3.36. The number of aromatic nitrogens is 1. The second kappa shape index (κ2) is 12.5. The molecule has 1 atom stereocenters. The molecule has 0 aliphatic carbocycles. The summed E-state index contributed by atoms with van der Waals surface area (Å²) in [7, 11) is -3.36. The fraction of sp³-hybridized carbons (Fsp3) is 0.500. The highest BCUT2D eigenvalue weighted by atomic mass is 127. The summed E-state index contributed by atoms with van der Waals surface area (Å²) >= 11 is 1.60. The lowest BCUT2D eigenvalue weighted by Crippen LogP contribution is -2.46. The first-order chi connectivity index (χ1) is 13.4. The largest absolute Gasteiger partial charge is 0.357 e. The van der Waals surface area contributed by atoms with Crippen LogP contribution in [0.15, 0.2) is 45.6 Å². The molecule has 2 aromatic rings. The third-order valence-electron chi connectivity index (χ3n) is 4.23. The normalized spacial score (nSPS) is 13.1. The van der Waals surface area contributed by atoms with Crippen LogP contribution in [-0.4, -0.2) is 37.7 Å². The van der Waals surface area contributed by atoms with E-state index in [1.807, 2.05) is 19.9 Å². The van der Waals surface area contributed by atoms with Crippen LogP contribution in [0.2, 0.25) is 0 Å². The molecule has 29 heavy (non-hydrogen) atoms. The number of thiazole rings is 1. The van der Waals surface area contributed by atoms with Gasteiger partial charge in [0.1, 0.15) is 5.01 Å². The lowest BCUT2D eigenvalue weighted by molar-refractivity contribution is 0.569. The van der Waals surface area contributed by atoms with Crippen molar-refractivity contribution in [3.05, 3.63) is 46.4 Å². The van der Waals surface area contributed by atoms with Crippen LogP contribution in [0.25, 0.3) is 0 Å². The maximum absolute atomic E-state index is 12.7. The third kappa shape index (κ3) is 8.21. The van der Waals surface area contributed by atoms with E-state index >= 15 is 0 Å². The minimum absolute atomic E-state index is 0. The standard InChI is InChI=1S/C20H30N4O2S2.HI/c1-5-16(14-28(25,26)17-10-8-7-9-11-17)23-20(21-6-2)22-12-19-24-18(13-27-19)15(3)4;/h7-11,13,15-16H,5-6,12,14H2,1-4H3,(H2,21,22,23);1H. The van der Waals surface area contributed by atoms with Gasteiger partial charge in [-0.05, 0) is 31.4 Å². The Labute approximate surface area is 195 Å². The van der Waals surface area contributed by atoms with Crippen LogP contribution in [0.1, 0.15) is 50.7 Å². The molecule has 0 radical (unpaired) electrons. The van der Waals surface area contributed by atoms with Crippen molar-refractivity contribution in [3.63, 3.8) is 0 Å². The van der Waals surface area contributed by atoms with Crippen LogP contribution < -0.4 is 10.6 Å². The molecule has 0 amide bonds. The zero-order valence-electron chi connectivity index (χ0n) is 17.4. The van der Waals surface area contributed by atoms with Gasteiger partial charge in [-0.3, -0.25) is 0 Å². The van der Waals surface area contributed by atoms with Crippen LogP contribution in [0.4, 0.5) is 0 Å². The molecule has 0 bridgehead atoms. The summed E-state index contributed by atoms with van der Waals surface area (Å²) in [6.45, 7) is 9.35. The molecule has 1 aromatic heterocycles. The van der Waals surface area contributed by atoms with Gasteiger partial charge in [-0.15, -0.1) is 35.3 Å². The highest BCUT2D eigenvalue weighted by Gasteiger charge is 2.21. The van der Waals surface area contributed by atoms with Crippen LogP contribution in [-0.2, 0) is 16.4 Å². The number of guanidine groups is 1. The number of hydrogen-bond acceptors (Lipinski definition) is 5. The molecule has 1 heterocycles. The Hall–Kier alpha value is -1.20. The molecule has 0 aliphatic rings. The van der Waals surface area contributed by atoms with Crippen LogP contribution in [0, 0.1) is 0 Å². The van der Waals surface area contributed by atoms with Gasteiger partial charge >= 0.3 is 0 Å². The average Bonchev–Trinajstić information content (AvgIpc) is 3.15. The second-order valence-corrected chi connectivity index (χ2v) is 9.84. The van der Waals surface area contributed by atoms with Gasteiger partial charge in [0.05, 0.1) is 22.9 Å². The molecule has 162 valence electrons. The first-order valence-corrected chi connectivity index (χ1v) is 12.2. The summed E-state index contributed by atoms with van der Waals surface area (Å²) in [5.74, 6) is 1.03. The smallest absolute Gasteiger partial charge is 0.191 e. The Bertz CT molecular complexity index is 868. The van der Waals surface area contributed by atoms with Gasteiger partial charge in [-0.2, -0.15) is 0 Å². The van der Waals surface area contributed by atoms with E-state index in [4.69, 9.17) is 0 Å². The van der Waals surface area contributed by atoms with Crippen molar-refractivity contribution in [2.24, 2.45) is 4.99 Å². The van der Waals surface area contributed by atoms with Gasteiger partial charge < -0.3 is 10.6 Å². The SMILES string of the molecule is CCNC(=NCc1nc(C(C)C)cs1)NC(CC)CS(=O)(=O)c1ccccc1.I. The second-order valence-electron chi connectivity index (χ2n) is 6.86. The molecule has 0 saturated carbocycles. The van der Waals surface area contributed by atoms with Crippen molar-refractivity contribution in [1.82, 2.24) is 15.6 Å². The fourth-order valence-electron chi connectivity index (χ4n) is 2.57. The number of hydrogen-bond donors (Lipinski definition) is 2. The zero-order valence-corrected chi connectivity index (χ0v) is 21.3. The summed E-state index contributed by atoms with van der Waals surface area (Å²) in [5, 5.41) is 9.48. The highest BCUT2D eigenvalue weighted by Crippen LogP contribution is 2.18. The van der Waals surface area contributed by atoms with E-state index in [1.165, 1.54) is 0 Å². The van der Waals surface area contributed by atoms with Crippen LogP contribution >= 0.6 is 35.3 Å². The Morgan fingerprint density at radius 3 is 2.45 bits per heavy atom. The first-order valence-electron chi connectivity index (χ1n) is 9.62. The van der Waals surface area contributed by atoms with E-state index in [9.17, 15) is 8.42 Å². The van der Waals surface area contributed by atoms with E-state index in [0.29, 0.717) is 36.3 Å². The molecule has 0 saturated heterocycles. The monoisotopic (exact) mass is 550 g/mol. The van der Waals surface area contributed by atoms with Crippen molar-refractivity contribution >= 4 is 51.1 Å². The summed E-state index contributed by atoms with van der Waals surface area (Å²) in [6, 6.07) is 8.34. The van der Waals surface area contributed by atoms with Crippen LogP contribution in [0.5, 0.6) is 0 Å². The molecule has 2 rings (SSSR count). The number of sulfone groups is 1. The van der Waals surface area contributed by atoms with Crippen LogP contribution in [0.3, 0.4) is 0 Å². The van der Waals surface area contributed by atoms with Gasteiger partial charge in [0, 0.05) is 18.0 Å². The molecule has 1 unspecified atom stereocenters. The number of aliphatic imine (C=N–C) groups is 1. The summed E-state index contributed by atoms with van der Waals surface area (Å²) in [6.07, 6.45) is 0.672. The summed E-state index contributed by atoms with van der Waals surface area (Å²) in [5.41, 5.74) is 1.08. The Kier molecular flexibility index (Phi) is 11.1. The maximum Gasteiger partial charge on any atom is 0.191 e. The number of halogens is 1. The number of nitrogens with one attached hydrogen (secondary N) is 2. The molecule has 0 spiro atoms. The first kappa shape index (κ1) is 25.8. The van der Waals surface area contributed by atoms with E-state index in [0.717, 1.165) is 10.7 Å². The molecule has 1 aromatic carbocycles. The van der Waals surface area contributed by atoms with Crippen molar-refractivity contribution in [2.75, 3.05) is 12.3 Å². The van der Waals surface area contributed by atoms with Gasteiger partial charge in [-0.25, -0.2) is 18.4 Å². The Morgan fingerprint density at radius 2 is 1.90 bits per heavy atom. The summed E-state index contributed by atoms with van der Waals surface area (Å²) < 4.78 is 25.4. The van der Waals surface area contributed by atoms with E-state index in [1.54, 1.807) is 35.6 Å². The zero-order chi connectivity index (χ0) is 20.6. The van der Waals surface area contributed by atoms with E-state index in [2.05, 4.69) is 39.8 Å². The lowest BCUT2D eigenvalue weighted by atomic mass is 10.2.